The Bertz CT molecular complexity index is 1040. The molecule has 0 radical (unpaired) electrons. The molecular weight excluding hydrogens is 400 g/mol. The summed E-state index contributed by atoms with van der Waals surface area (Å²) < 4.78 is 33.8. The molecule has 30 heavy (non-hydrogen) atoms. The van der Waals surface area contributed by atoms with Crippen molar-refractivity contribution in [3.63, 3.8) is 0 Å². The third kappa shape index (κ3) is 4.52. The molecule has 2 fully saturated rings. The minimum Gasteiger partial charge on any atom is -0.455 e. The van der Waals surface area contributed by atoms with E-state index in [2.05, 4.69) is 5.32 Å². The van der Waals surface area contributed by atoms with E-state index in [9.17, 15) is 13.2 Å². The van der Waals surface area contributed by atoms with Crippen molar-refractivity contribution >= 4 is 21.6 Å². The van der Waals surface area contributed by atoms with E-state index < -0.39 is 10.0 Å². The number of nitrogens with zero attached hydrogens (tertiary/aromatic N) is 1. The van der Waals surface area contributed by atoms with Crippen molar-refractivity contribution < 1.29 is 17.9 Å². The fourth-order valence-corrected chi connectivity index (χ4v) is 5.37. The third-order valence-electron chi connectivity index (χ3n) is 5.83. The van der Waals surface area contributed by atoms with Crippen LogP contribution in [0.5, 0.6) is 11.5 Å². The topological polar surface area (TPSA) is 75.7 Å². The van der Waals surface area contributed by atoms with Crippen LogP contribution in [0.1, 0.15) is 38.2 Å². The van der Waals surface area contributed by atoms with Gasteiger partial charge in [0, 0.05) is 19.0 Å². The van der Waals surface area contributed by atoms with Gasteiger partial charge in [-0.05, 0) is 68.0 Å². The number of anilines is 1. The summed E-state index contributed by atoms with van der Waals surface area (Å²) in [6, 6.07) is 12.3. The van der Waals surface area contributed by atoms with Gasteiger partial charge in [0.2, 0.25) is 15.9 Å². The number of hydrogen-bond donors (Lipinski definition) is 1. The van der Waals surface area contributed by atoms with Gasteiger partial charge in [0.25, 0.3) is 0 Å². The van der Waals surface area contributed by atoms with Crippen molar-refractivity contribution in [3.8, 4) is 11.5 Å². The van der Waals surface area contributed by atoms with Crippen LogP contribution in [0.4, 0.5) is 5.69 Å². The average Bonchev–Trinajstić information content (AvgIpc) is 3.47. The molecule has 2 aromatic carbocycles. The van der Waals surface area contributed by atoms with Crippen LogP contribution < -0.4 is 10.1 Å². The van der Waals surface area contributed by atoms with Gasteiger partial charge in [-0.15, -0.1) is 0 Å². The normalized spacial score (nSPS) is 21.8. The Hall–Kier alpha value is -2.38. The lowest BCUT2D eigenvalue weighted by Gasteiger charge is -2.26. The summed E-state index contributed by atoms with van der Waals surface area (Å²) in [4.78, 5) is 12.8. The Morgan fingerprint density at radius 3 is 2.50 bits per heavy atom. The van der Waals surface area contributed by atoms with E-state index in [1.807, 2.05) is 38.1 Å². The molecule has 0 unspecified atom stereocenters. The molecule has 1 aliphatic heterocycles. The molecule has 1 N–H and O–H groups in total. The number of ether oxygens (including phenoxy) is 1. The maximum atomic E-state index is 13.1. The van der Waals surface area contributed by atoms with Gasteiger partial charge in [-0.1, -0.05) is 25.5 Å². The minimum absolute atomic E-state index is 0.0285. The number of carbonyl (C=O) groups excluding carboxylic acids is 1. The quantitative estimate of drug-likeness (QED) is 0.732. The van der Waals surface area contributed by atoms with E-state index in [1.165, 1.54) is 10.4 Å². The standard InChI is InChI=1S/C23H28N2O4S/c1-16-7-6-8-18(13-16)29-22-10-9-19(30(27,28)25-11-4-3-5-12-25)15-21(22)24-23(26)20-14-17(20)2/h6-10,13,15,17,20H,3-5,11-12,14H2,1-2H3,(H,24,26)/t17-,20+/m0/s1. The zero-order valence-corrected chi connectivity index (χ0v) is 18.2. The highest BCUT2D eigenvalue weighted by molar-refractivity contribution is 7.89. The third-order valence-corrected chi connectivity index (χ3v) is 7.72. The van der Waals surface area contributed by atoms with E-state index in [0.717, 1.165) is 31.2 Å². The first-order valence-electron chi connectivity index (χ1n) is 10.5. The van der Waals surface area contributed by atoms with Crippen molar-refractivity contribution in [2.45, 2.75) is 44.4 Å². The SMILES string of the molecule is Cc1cccc(Oc2ccc(S(=O)(=O)N3CCCCC3)cc2NC(=O)[C@@H]2C[C@@H]2C)c1. The van der Waals surface area contributed by atoms with E-state index in [0.29, 0.717) is 36.2 Å². The highest BCUT2D eigenvalue weighted by atomic mass is 32.2. The molecule has 1 amide bonds. The van der Waals surface area contributed by atoms with Gasteiger partial charge in [0.15, 0.2) is 5.75 Å². The lowest BCUT2D eigenvalue weighted by atomic mass is 10.2. The summed E-state index contributed by atoms with van der Waals surface area (Å²) in [6.07, 6.45) is 3.65. The molecule has 4 rings (SSSR count). The molecule has 1 saturated carbocycles. The van der Waals surface area contributed by atoms with Gasteiger partial charge in [0.05, 0.1) is 10.6 Å². The van der Waals surface area contributed by atoms with Crippen LogP contribution in [0.25, 0.3) is 0 Å². The second-order valence-corrected chi connectivity index (χ2v) is 10.3. The van der Waals surface area contributed by atoms with Crippen LogP contribution in [-0.2, 0) is 14.8 Å². The van der Waals surface area contributed by atoms with E-state index in [-0.39, 0.29) is 16.7 Å². The smallest absolute Gasteiger partial charge is 0.243 e. The van der Waals surface area contributed by atoms with Crippen LogP contribution >= 0.6 is 0 Å². The number of sulfonamides is 1. The Balaban J connectivity index is 1.66. The van der Waals surface area contributed by atoms with Gasteiger partial charge < -0.3 is 10.1 Å². The minimum atomic E-state index is -3.61. The van der Waals surface area contributed by atoms with Gasteiger partial charge in [-0.3, -0.25) is 4.79 Å². The summed E-state index contributed by atoms with van der Waals surface area (Å²) in [5, 5.41) is 2.91. The summed E-state index contributed by atoms with van der Waals surface area (Å²) in [7, 11) is -3.61. The number of rotatable bonds is 6. The van der Waals surface area contributed by atoms with Gasteiger partial charge >= 0.3 is 0 Å². The maximum absolute atomic E-state index is 13.1. The van der Waals surface area contributed by atoms with Crippen molar-refractivity contribution in [3.05, 3.63) is 48.0 Å². The first-order chi connectivity index (χ1) is 14.3. The molecule has 0 spiro atoms. The Morgan fingerprint density at radius 1 is 1.10 bits per heavy atom. The second kappa shape index (κ2) is 8.40. The molecule has 0 bridgehead atoms. The summed E-state index contributed by atoms with van der Waals surface area (Å²) in [6.45, 7) is 5.07. The number of amides is 1. The molecule has 1 saturated heterocycles. The van der Waals surface area contributed by atoms with Gasteiger partial charge in [-0.25, -0.2) is 8.42 Å². The molecule has 1 aliphatic carbocycles. The highest BCUT2D eigenvalue weighted by Crippen LogP contribution is 2.40. The average molecular weight is 429 g/mol. The predicted molar refractivity (Wildman–Crippen MR) is 116 cm³/mol. The van der Waals surface area contributed by atoms with Crippen molar-refractivity contribution in [2.24, 2.45) is 11.8 Å². The second-order valence-electron chi connectivity index (χ2n) is 8.35. The van der Waals surface area contributed by atoms with Crippen molar-refractivity contribution in [1.82, 2.24) is 4.31 Å². The Morgan fingerprint density at radius 2 is 1.83 bits per heavy atom. The number of nitrogens with one attached hydrogen (secondary N) is 1. The molecule has 1 heterocycles. The largest absolute Gasteiger partial charge is 0.455 e. The van der Waals surface area contributed by atoms with Crippen LogP contribution in [0.2, 0.25) is 0 Å². The lowest BCUT2D eigenvalue weighted by molar-refractivity contribution is -0.117. The van der Waals surface area contributed by atoms with Crippen molar-refractivity contribution in [1.29, 1.82) is 0 Å². The van der Waals surface area contributed by atoms with Crippen LogP contribution in [0.15, 0.2) is 47.4 Å². The van der Waals surface area contributed by atoms with Gasteiger partial charge in [-0.2, -0.15) is 4.31 Å². The Labute approximate surface area is 178 Å². The molecular formula is C23H28N2O4S. The van der Waals surface area contributed by atoms with Crippen molar-refractivity contribution in [2.75, 3.05) is 18.4 Å². The molecule has 2 aliphatic rings. The van der Waals surface area contributed by atoms with Crippen LogP contribution in [0, 0.1) is 18.8 Å². The summed E-state index contributed by atoms with van der Waals surface area (Å²) in [5.74, 6) is 1.30. The summed E-state index contributed by atoms with van der Waals surface area (Å²) in [5.41, 5.74) is 1.44. The molecule has 0 aromatic heterocycles. The lowest BCUT2D eigenvalue weighted by Crippen LogP contribution is -2.35. The fraction of sp³-hybridized carbons (Fsp3) is 0.435. The Kier molecular flexibility index (Phi) is 5.84. The molecule has 160 valence electrons. The van der Waals surface area contributed by atoms with E-state index in [4.69, 9.17) is 4.74 Å². The van der Waals surface area contributed by atoms with Crippen LogP contribution in [-0.4, -0.2) is 31.7 Å². The predicted octanol–water partition coefficient (Wildman–Crippen LogP) is 4.56. The van der Waals surface area contributed by atoms with Crippen LogP contribution in [0.3, 0.4) is 0 Å². The first kappa shape index (κ1) is 20.9. The molecule has 2 aromatic rings. The number of benzene rings is 2. The number of carbonyl (C=O) groups is 1. The number of hydrogen-bond acceptors (Lipinski definition) is 4. The van der Waals surface area contributed by atoms with Gasteiger partial charge in [0.1, 0.15) is 5.75 Å². The zero-order valence-electron chi connectivity index (χ0n) is 17.4. The first-order valence-corrected chi connectivity index (χ1v) is 12.0. The molecule has 7 heteroatoms. The zero-order chi connectivity index (χ0) is 21.3. The highest BCUT2D eigenvalue weighted by Gasteiger charge is 2.39. The monoisotopic (exact) mass is 428 g/mol. The fourth-order valence-electron chi connectivity index (χ4n) is 3.83. The molecule has 2 atom stereocenters. The van der Waals surface area contributed by atoms with E-state index in [1.54, 1.807) is 12.1 Å². The molecule has 6 nitrogen and oxygen atoms in total. The van der Waals surface area contributed by atoms with E-state index >= 15 is 0 Å². The maximum Gasteiger partial charge on any atom is 0.243 e. The number of aryl methyl sites for hydroxylation is 1. The summed E-state index contributed by atoms with van der Waals surface area (Å²) >= 11 is 0. The number of piperidine rings is 1.